The molecule has 1 fully saturated rings. The fourth-order valence-corrected chi connectivity index (χ4v) is 3.89. The van der Waals surface area contributed by atoms with Crippen LogP contribution >= 0.6 is 0 Å². The molecule has 1 amide bonds. The maximum Gasteiger partial charge on any atom is 0.254 e. The number of carbonyl (C=O) groups is 1. The molecule has 4 heterocycles. The second kappa shape index (κ2) is 8.08. The molecule has 154 valence electrons. The van der Waals surface area contributed by atoms with Crippen LogP contribution in [-0.4, -0.2) is 50.4 Å². The van der Waals surface area contributed by atoms with Crippen molar-refractivity contribution in [1.29, 1.82) is 0 Å². The van der Waals surface area contributed by atoms with E-state index in [1.165, 1.54) is 6.33 Å². The van der Waals surface area contributed by atoms with Gasteiger partial charge in [0.1, 0.15) is 18.2 Å². The number of nitrogen functional groups attached to an aromatic ring is 1. The van der Waals surface area contributed by atoms with E-state index >= 15 is 0 Å². The lowest BCUT2D eigenvalue weighted by Gasteiger charge is -2.33. The highest BCUT2D eigenvalue weighted by molar-refractivity contribution is 6.06. The monoisotopic (exact) mass is 412 g/mol. The van der Waals surface area contributed by atoms with E-state index in [-0.39, 0.29) is 12.0 Å². The molecular weight excluding hydrogens is 392 g/mol. The van der Waals surface area contributed by atoms with Gasteiger partial charge in [0.2, 0.25) is 0 Å². The molecule has 4 aromatic rings. The molecule has 0 saturated carbocycles. The molecule has 0 bridgehead atoms. The van der Waals surface area contributed by atoms with Crippen molar-refractivity contribution in [1.82, 2.24) is 24.8 Å². The van der Waals surface area contributed by atoms with Crippen molar-refractivity contribution in [2.45, 2.75) is 6.10 Å². The van der Waals surface area contributed by atoms with Crippen molar-refractivity contribution in [3.8, 4) is 11.1 Å². The Labute approximate surface area is 178 Å². The van der Waals surface area contributed by atoms with Crippen LogP contribution in [0.25, 0.3) is 22.0 Å². The summed E-state index contributed by atoms with van der Waals surface area (Å²) >= 11 is 0. The number of rotatable bonds is 3. The number of fused-ring (bicyclic) bond motifs is 1. The number of hydrogen-bond donors (Lipinski definition) is 1. The van der Waals surface area contributed by atoms with E-state index < -0.39 is 0 Å². The molecule has 2 N–H and O–H groups in total. The lowest BCUT2D eigenvalue weighted by Crippen LogP contribution is -2.42. The van der Waals surface area contributed by atoms with Crippen LogP contribution in [0.4, 0.5) is 5.82 Å². The van der Waals surface area contributed by atoms with Gasteiger partial charge >= 0.3 is 0 Å². The zero-order valence-corrected chi connectivity index (χ0v) is 16.7. The Bertz CT molecular complexity index is 1260. The number of anilines is 1. The molecule has 1 aliphatic heterocycles. The third-order valence-electron chi connectivity index (χ3n) is 5.37. The summed E-state index contributed by atoms with van der Waals surface area (Å²) in [6.45, 7) is 1.32. The lowest BCUT2D eigenvalue weighted by molar-refractivity contribution is -0.0244. The first-order valence-corrected chi connectivity index (χ1v) is 9.97. The van der Waals surface area contributed by atoms with Gasteiger partial charge in [-0.25, -0.2) is 15.0 Å². The molecule has 5 rings (SSSR count). The first-order chi connectivity index (χ1) is 15.2. The number of pyridine rings is 2. The molecule has 1 saturated heterocycles. The molecule has 1 aliphatic rings. The maximum atomic E-state index is 13.4. The van der Waals surface area contributed by atoms with Gasteiger partial charge in [-0.05, 0) is 35.9 Å². The van der Waals surface area contributed by atoms with Crippen molar-refractivity contribution < 1.29 is 9.53 Å². The fourth-order valence-electron chi connectivity index (χ4n) is 3.89. The van der Waals surface area contributed by atoms with Gasteiger partial charge in [0.15, 0.2) is 0 Å². The Morgan fingerprint density at radius 1 is 1.10 bits per heavy atom. The van der Waals surface area contributed by atoms with Gasteiger partial charge in [-0.3, -0.25) is 9.78 Å². The van der Waals surface area contributed by atoms with E-state index in [0.29, 0.717) is 31.1 Å². The number of amides is 1. The number of morpholine rings is 1. The van der Waals surface area contributed by atoms with Crippen molar-refractivity contribution in [3.63, 3.8) is 0 Å². The van der Waals surface area contributed by atoms with Gasteiger partial charge in [0.05, 0.1) is 24.4 Å². The third kappa shape index (κ3) is 3.69. The van der Waals surface area contributed by atoms with E-state index in [9.17, 15) is 4.79 Å². The quantitative estimate of drug-likeness (QED) is 0.551. The van der Waals surface area contributed by atoms with Gasteiger partial charge in [-0.1, -0.05) is 12.1 Å². The van der Waals surface area contributed by atoms with E-state index in [1.54, 1.807) is 24.7 Å². The van der Waals surface area contributed by atoms with E-state index in [4.69, 9.17) is 10.5 Å². The average molecular weight is 412 g/mol. The molecule has 1 aromatic carbocycles. The Kier molecular flexibility index (Phi) is 4.97. The predicted octanol–water partition coefficient (Wildman–Crippen LogP) is 2.88. The van der Waals surface area contributed by atoms with Gasteiger partial charge in [0, 0.05) is 41.6 Å². The summed E-state index contributed by atoms with van der Waals surface area (Å²) in [5, 5.41) is 0.841. The van der Waals surface area contributed by atoms with Crippen LogP contribution in [0.2, 0.25) is 0 Å². The number of ether oxygens (including phenoxy) is 1. The number of carbonyl (C=O) groups excluding carboxylic acids is 1. The number of benzene rings is 1. The minimum atomic E-state index is -0.377. The second-order valence-electron chi connectivity index (χ2n) is 7.28. The molecule has 8 nitrogen and oxygen atoms in total. The molecule has 0 unspecified atom stereocenters. The standard InChI is InChI=1S/C23H20N6O2/c24-21-11-15(6-8-27-21)18-12-25-14-28-22(18)20-13-29(9-10-31-20)23(30)17-3-1-5-19-16(17)4-2-7-26-19/h1-8,11-12,14,20H,9-10,13H2,(H2,24,27)/t20-/m1/s1. The normalized spacial score (nSPS) is 16.4. The molecule has 0 aliphatic carbocycles. The van der Waals surface area contributed by atoms with Crippen LogP contribution in [-0.2, 0) is 4.74 Å². The zero-order chi connectivity index (χ0) is 21.2. The van der Waals surface area contributed by atoms with Gasteiger partial charge in [-0.15, -0.1) is 0 Å². The van der Waals surface area contributed by atoms with Gasteiger partial charge in [-0.2, -0.15) is 0 Å². The summed E-state index contributed by atoms with van der Waals surface area (Å²) in [6.07, 6.45) is 6.22. The topological polar surface area (TPSA) is 107 Å². The highest BCUT2D eigenvalue weighted by Crippen LogP contribution is 2.31. The second-order valence-corrected chi connectivity index (χ2v) is 7.28. The first kappa shape index (κ1) is 19.1. The molecule has 0 spiro atoms. The number of nitrogens with two attached hydrogens (primary N) is 1. The molecule has 3 aromatic heterocycles. The van der Waals surface area contributed by atoms with Crippen LogP contribution in [0, 0.1) is 0 Å². The third-order valence-corrected chi connectivity index (χ3v) is 5.37. The summed E-state index contributed by atoms with van der Waals surface area (Å²) in [7, 11) is 0. The first-order valence-electron chi connectivity index (χ1n) is 9.97. The van der Waals surface area contributed by atoms with E-state index in [1.807, 2.05) is 41.3 Å². The SMILES string of the molecule is Nc1cc(-c2cncnc2[C@H]2CN(C(=O)c3cccc4ncccc34)CCO2)ccn1. The van der Waals surface area contributed by atoms with Crippen LogP contribution in [0.1, 0.15) is 22.2 Å². The Hall–Kier alpha value is -3.91. The lowest BCUT2D eigenvalue weighted by atomic mass is 10.0. The average Bonchev–Trinajstić information content (AvgIpc) is 2.83. The largest absolute Gasteiger partial charge is 0.384 e. The van der Waals surface area contributed by atoms with Crippen LogP contribution in [0.3, 0.4) is 0 Å². The zero-order valence-electron chi connectivity index (χ0n) is 16.7. The highest BCUT2D eigenvalue weighted by Gasteiger charge is 2.29. The van der Waals surface area contributed by atoms with Gasteiger partial charge in [0.25, 0.3) is 5.91 Å². The van der Waals surface area contributed by atoms with Crippen LogP contribution in [0.15, 0.2) is 67.4 Å². The van der Waals surface area contributed by atoms with Crippen LogP contribution < -0.4 is 5.73 Å². The Balaban J connectivity index is 1.46. The Morgan fingerprint density at radius 2 is 2.03 bits per heavy atom. The summed E-state index contributed by atoms with van der Waals surface area (Å²) < 4.78 is 6.02. The molecule has 0 radical (unpaired) electrons. The predicted molar refractivity (Wildman–Crippen MR) is 116 cm³/mol. The highest BCUT2D eigenvalue weighted by atomic mass is 16.5. The maximum absolute atomic E-state index is 13.4. The number of aromatic nitrogens is 4. The summed E-state index contributed by atoms with van der Waals surface area (Å²) in [4.78, 5) is 32.2. The summed E-state index contributed by atoms with van der Waals surface area (Å²) in [5.41, 5.74) is 9.68. The number of hydrogen-bond acceptors (Lipinski definition) is 7. The summed E-state index contributed by atoms with van der Waals surface area (Å²) in [5.74, 6) is 0.369. The smallest absolute Gasteiger partial charge is 0.254 e. The minimum Gasteiger partial charge on any atom is -0.384 e. The molecule has 1 atom stereocenters. The van der Waals surface area contributed by atoms with E-state index in [0.717, 1.165) is 27.7 Å². The molecule has 8 heteroatoms. The van der Waals surface area contributed by atoms with Crippen molar-refractivity contribution in [3.05, 3.63) is 78.6 Å². The van der Waals surface area contributed by atoms with Crippen molar-refractivity contribution in [2.75, 3.05) is 25.4 Å². The fraction of sp³-hybridized carbons (Fsp3) is 0.174. The molecule has 31 heavy (non-hydrogen) atoms. The number of nitrogens with zero attached hydrogens (tertiary/aromatic N) is 5. The minimum absolute atomic E-state index is 0.0457. The van der Waals surface area contributed by atoms with Crippen molar-refractivity contribution in [2.24, 2.45) is 0 Å². The van der Waals surface area contributed by atoms with E-state index in [2.05, 4.69) is 19.9 Å². The molecular formula is C23H20N6O2. The summed E-state index contributed by atoms with van der Waals surface area (Å²) in [6, 6.07) is 13.0. The van der Waals surface area contributed by atoms with Crippen molar-refractivity contribution >= 4 is 22.6 Å². The van der Waals surface area contributed by atoms with Crippen LogP contribution in [0.5, 0.6) is 0 Å². The van der Waals surface area contributed by atoms with Gasteiger partial charge < -0.3 is 15.4 Å². The Morgan fingerprint density at radius 3 is 2.94 bits per heavy atom.